The first-order valence-corrected chi connectivity index (χ1v) is 8.38. The molecule has 3 heteroatoms. The van der Waals surface area contributed by atoms with Crippen molar-refractivity contribution in [2.45, 2.75) is 57.1 Å². The number of aryl methyl sites for hydroxylation is 1. The number of likely N-dealkylation sites (tertiary alicyclic amines) is 1. The van der Waals surface area contributed by atoms with Crippen molar-refractivity contribution in [1.82, 2.24) is 4.90 Å². The minimum Gasteiger partial charge on any atom is -0.494 e. The van der Waals surface area contributed by atoms with E-state index in [1.54, 1.807) is 0 Å². The highest BCUT2D eigenvalue weighted by Gasteiger charge is 2.20. The lowest BCUT2D eigenvalue weighted by molar-refractivity contribution is 0.150. The molecule has 3 rings (SSSR count). The zero-order valence-electron chi connectivity index (χ0n) is 13.1. The third-order valence-corrected chi connectivity index (χ3v) is 5.04. The Balaban J connectivity index is 1.54. The summed E-state index contributed by atoms with van der Waals surface area (Å²) in [6, 6.07) is 6.90. The number of aliphatic hydroxyl groups excluding tert-OH is 1. The van der Waals surface area contributed by atoms with E-state index in [1.807, 2.05) is 6.07 Å². The van der Waals surface area contributed by atoms with Gasteiger partial charge in [-0.1, -0.05) is 12.5 Å². The second kappa shape index (κ2) is 6.80. The first-order valence-electron chi connectivity index (χ1n) is 8.38. The van der Waals surface area contributed by atoms with Gasteiger partial charge in [0.25, 0.3) is 0 Å². The molecule has 1 N–H and O–H groups in total. The fraction of sp³-hybridized carbons (Fsp3) is 0.667. The van der Waals surface area contributed by atoms with Crippen LogP contribution in [0.1, 0.15) is 55.8 Å². The van der Waals surface area contributed by atoms with E-state index < -0.39 is 0 Å². The Hall–Kier alpha value is -1.06. The van der Waals surface area contributed by atoms with E-state index in [1.165, 1.54) is 31.4 Å². The molecule has 0 bridgehead atoms. The number of hydrogen-bond donors (Lipinski definition) is 1. The van der Waals surface area contributed by atoms with Crippen LogP contribution < -0.4 is 4.74 Å². The predicted octanol–water partition coefficient (Wildman–Crippen LogP) is 3.31. The largest absolute Gasteiger partial charge is 0.494 e. The SMILES string of the molecule is CN1CCCCC1CCOc1ccc2c(c1)[C@H](O)CCC2. The molecule has 1 saturated heterocycles. The van der Waals surface area contributed by atoms with Gasteiger partial charge in [-0.2, -0.15) is 0 Å². The van der Waals surface area contributed by atoms with E-state index in [9.17, 15) is 5.11 Å². The summed E-state index contributed by atoms with van der Waals surface area (Å²) < 4.78 is 5.93. The summed E-state index contributed by atoms with van der Waals surface area (Å²) in [6.45, 7) is 1.99. The molecule has 0 aromatic heterocycles. The maximum Gasteiger partial charge on any atom is 0.119 e. The molecule has 1 fully saturated rings. The Morgan fingerprint density at radius 1 is 1.24 bits per heavy atom. The Labute approximate surface area is 127 Å². The normalized spacial score (nSPS) is 26.4. The van der Waals surface area contributed by atoms with Gasteiger partial charge in [0.15, 0.2) is 0 Å². The summed E-state index contributed by atoms with van der Waals surface area (Å²) in [7, 11) is 2.22. The van der Waals surface area contributed by atoms with Crippen LogP contribution in [-0.4, -0.2) is 36.2 Å². The second-order valence-electron chi connectivity index (χ2n) is 6.54. The first-order chi connectivity index (χ1) is 10.2. The van der Waals surface area contributed by atoms with Crippen LogP contribution in [0.5, 0.6) is 5.75 Å². The zero-order valence-corrected chi connectivity index (χ0v) is 13.1. The number of nitrogens with zero attached hydrogens (tertiary/aromatic N) is 1. The van der Waals surface area contributed by atoms with Gasteiger partial charge < -0.3 is 14.7 Å². The minimum atomic E-state index is -0.304. The fourth-order valence-electron chi connectivity index (χ4n) is 3.66. The number of benzene rings is 1. The molecule has 2 aliphatic rings. The first kappa shape index (κ1) is 14.9. The lowest BCUT2D eigenvalue weighted by Crippen LogP contribution is -2.37. The van der Waals surface area contributed by atoms with Crippen molar-refractivity contribution in [3.63, 3.8) is 0 Å². The summed E-state index contributed by atoms with van der Waals surface area (Å²) in [5, 5.41) is 10.1. The summed E-state index contributed by atoms with van der Waals surface area (Å²) in [4.78, 5) is 2.46. The highest BCUT2D eigenvalue weighted by molar-refractivity contribution is 5.38. The van der Waals surface area contributed by atoms with E-state index in [4.69, 9.17) is 4.74 Å². The van der Waals surface area contributed by atoms with Gasteiger partial charge in [-0.25, -0.2) is 0 Å². The lowest BCUT2D eigenvalue weighted by Gasteiger charge is -2.32. The molecular formula is C18H27NO2. The van der Waals surface area contributed by atoms with E-state index in [0.29, 0.717) is 6.04 Å². The molecule has 0 saturated carbocycles. The van der Waals surface area contributed by atoms with Gasteiger partial charge in [0, 0.05) is 6.04 Å². The number of aliphatic hydroxyl groups is 1. The quantitative estimate of drug-likeness (QED) is 0.923. The van der Waals surface area contributed by atoms with Crippen LogP contribution in [0.4, 0.5) is 0 Å². The van der Waals surface area contributed by atoms with Crippen LogP contribution in [0.15, 0.2) is 18.2 Å². The number of ether oxygens (including phenoxy) is 1. The average molecular weight is 289 g/mol. The number of hydrogen-bond acceptors (Lipinski definition) is 3. The van der Waals surface area contributed by atoms with Crippen LogP contribution in [0.25, 0.3) is 0 Å². The van der Waals surface area contributed by atoms with E-state index in [0.717, 1.165) is 43.6 Å². The summed E-state index contributed by atoms with van der Waals surface area (Å²) in [6.07, 6.45) is 7.81. The molecule has 0 amide bonds. The maximum absolute atomic E-state index is 10.1. The predicted molar refractivity (Wildman–Crippen MR) is 84.7 cm³/mol. The van der Waals surface area contributed by atoms with Gasteiger partial charge >= 0.3 is 0 Å². The average Bonchev–Trinajstić information content (AvgIpc) is 2.50. The zero-order chi connectivity index (χ0) is 14.7. The topological polar surface area (TPSA) is 32.7 Å². The Morgan fingerprint density at radius 2 is 2.14 bits per heavy atom. The highest BCUT2D eigenvalue weighted by atomic mass is 16.5. The number of fused-ring (bicyclic) bond motifs is 1. The van der Waals surface area contributed by atoms with Crippen molar-refractivity contribution in [2.24, 2.45) is 0 Å². The van der Waals surface area contributed by atoms with Gasteiger partial charge in [-0.05, 0) is 75.4 Å². The molecule has 1 aromatic rings. The highest BCUT2D eigenvalue weighted by Crippen LogP contribution is 2.32. The van der Waals surface area contributed by atoms with Gasteiger partial charge in [0.1, 0.15) is 5.75 Å². The fourth-order valence-corrected chi connectivity index (χ4v) is 3.66. The van der Waals surface area contributed by atoms with Gasteiger partial charge in [0.05, 0.1) is 12.7 Å². The maximum atomic E-state index is 10.1. The minimum absolute atomic E-state index is 0.304. The molecule has 1 aromatic carbocycles. The molecule has 1 aliphatic heterocycles. The van der Waals surface area contributed by atoms with E-state index in [2.05, 4.69) is 24.1 Å². The van der Waals surface area contributed by atoms with Crippen molar-refractivity contribution in [3.05, 3.63) is 29.3 Å². The number of piperidine rings is 1. The molecule has 2 atom stereocenters. The third kappa shape index (κ3) is 3.58. The molecule has 1 heterocycles. The van der Waals surface area contributed by atoms with Crippen molar-refractivity contribution in [3.8, 4) is 5.75 Å². The third-order valence-electron chi connectivity index (χ3n) is 5.04. The van der Waals surface area contributed by atoms with Crippen LogP contribution in [-0.2, 0) is 6.42 Å². The van der Waals surface area contributed by atoms with Gasteiger partial charge in [-0.15, -0.1) is 0 Å². The molecule has 1 unspecified atom stereocenters. The summed E-state index contributed by atoms with van der Waals surface area (Å²) >= 11 is 0. The van der Waals surface area contributed by atoms with Crippen LogP contribution in [0.3, 0.4) is 0 Å². The monoisotopic (exact) mass is 289 g/mol. The lowest BCUT2D eigenvalue weighted by atomic mass is 9.89. The molecular weight excluding hydrogens is 262 g/mol. The van der Waals surface area contributed by atoms with Crippen LogP contribution in [0, 0.1) is 0 Å². The van der Waals surface area contributed by atoms with Crippen LogP contribution in [0.2, 0.25) is 0 Å². The van der Waals surface area contributed by atoms with Gasteiger partial charge in [-0.3, -0.25) is 0 Å². The van der Waals surface area contributed by atoms with Gasteiger partial charge in [0.2, 0.25) is 0 Å². The second-order valence-corrected chi connectivity index (χ2v) is 6.54. The van der Waals surface area contributed by atoms with Crippen molar-refractivity contribution >= 4 is 0 Å². The van der Waals surface area contributed by atoms with Crippen molar-refractivity contribution < 1.29 is 9.84 Å². The Kier molecular flexibility index (Phi) is 4.81. The molecule has 116 valence electrons. The van der Waals surface area contributed by atoms with Crippen LogP contribution >= 0.6 is 0 Å². The smallest absolute Gasteiger partial charge is 0.119 e. The van der Waals surface area contributed by atoms with E-state index >= 15 is 0 Å². The summed E-state index contributed by atoms with van der Waals surface area (Å²) in [5.41, 5.74) is 2.36. The van der Waals surface area contributed by atoms with E-state index in [-0.39, 0.29) is 6.10 Å². The molecule has 0 spiro atoms. The van der Waals surface area contributed by atoms with Crippen molar-refractivity contribution in [2.75, 3.05) is 20.2 Å². The number of rotatable bonds is 4. The molecule has 0 radical (unpaired) electrons. The summed E-state index contributed by atoms with van der Waals surface area (Å²) in [5.74, 6) is 0.910. The van der Waals surface area contributed by atoms with Crippen molar-refractivity contribution in [1.29, 1.82) is 0 Å². The molecule has 21 heavy (non-hydrogen) atoms. The molecule has 1 aliphatic carbocycles. The Bertz CT molecular complexity index is 474. The standard InChI is InChI=1S/C18H27NO2/c1-19-11-3-2-6-15(19)10-12-21-16-9-8-14-5-4-7-18(20)17(14)13-16/h8-9,13,15,18,20H,2-7,10-12H2,1H3/t15?,18-/m1/s1. The Morgan fingerprint density at radius 3 is 3.00 bits per heavy atom. The molecule has 3 nitrogen and oxygen atoms in total.